The van der Waals surface area contributed by atoms with Gasteiger partial charge in [-0.25, -0.2) is 9.37 Å². The quantitative estimate of drug-likeness (QED) is 0.297. The minimum Gasteiger partial charge on any atom is -0.301 e. The fraction of sp³-hybridized carbons (Fsp3) is 0.0909. The Morgan fingerprint density at radius 2 is 1.90 bits per heavy atom. The van der Waals surface area contributed by atoms with Gasteiger partial charge in [-0.05, 0) is 24.3 Å². The van der Waals surface area contributed by atoms with Crippen LogP contribution in [-0.2, 0) is 11.3 Å². The summed E-state index contributed by atoms with van der Waals surface area (Å²) in [6.45, 7) is 4.24. The molecule has 1 N–H and O–H groups in total. The zero-order chi connectivity index (χ0) is 21.6. The molecule has 156 valence electrons. The predicted octanol–water partition coefficient (Wildman–Crippen LogP) is 5.12. The number of allylic oxidation sites excluding steroid dienone is 1. The number of rotatable bonds is 8. The summed E-state index contributed by atoms with van der Waals surface area (Å²) in [5.41, 5.74) is 2.56. The van der Waals surface area contributed by atoms with E-state index in [1.807, 2.05) is 40.3 Å². The maximum Gasteiger partial charge on any atom is 0.236 e. The van der Waals surface area contributed by atoms with Crippen LogP contribution < -0.4 is 5.32 Å². The normalized spacial score (nSPS) is 10.7. The van der Waals surface area contributed by atoms with Crippen molar-refractivity contribution in [2.75, 3.05) is 11.1 Å². The Balaban J connectivity index is 1.42. The maximum atomic E-state index is 13.2. The van der Waals surface area contributed by atoms with E-state index in [-0.39, 0.29) is 17.5 Å². The van der Waals surface area contributed by atoms with Crippen molar-refractivity contribution in [3.05, 3.63) is 78.4 Å². The summed E-state index contributed by atoms with van der Waals surface area (Å²) in [7, 11) is 0. The van der Waals surface area contributed by atoms with Gasteiger partial charge in [0.2, 0.25) is 5.91 Å². The molecule has 31 heavy (non-hydrogen) atoms. The number of thioether (sulfide) groups is 1. The molecule has 1 amide bonds. The van der Waals surface area contributed by atoms with Gasteiger partial charge in [-0.1, -0.05) is 48.2 Å². The summed E-state index contributed by atoms with van der Waals surface area (Å²) in [5.74, 6) is 0.243. The Kier molecular flexibility index (Phi) is 6.54. The molecule has 0 aliphatic heterocycles. The number of hydrogen-bond donors (Lipinski definition) is 1. The lowest BCUT2D eigenvalue weighted by atomic mass is 10.2. The summed E-state index contributed by atoms with van der Waals surface area (Å²) in [6.07, 6.45) is 1.72. The van der Waals surface area contributed by atoms with Gasteiger partial charge in [0, 0.05) is 23.1 Å². The van der Waals surface area contributed by atoms with Gasteiger partial charge in [0.25, 0.3) is 0 Å². The predicted molar refractivity (Wildman–Crippen MR) is 123 cm³/mol. The van der Waals surface area contributed by atoms with Crippen molar-refractivity contribution in [2.24, 2.45) is 0 Å². The van der Waals surface area contributed by atoms with Crippen molar-refractivity contribution >= 4 is 34.1 Å². The summed E-state index contributed by atoms with van der Waals surface area (Å²) in [6, 6.07) is 15.8. The van der Waals surface area contributed by atoms with Crippen molar-refractivity contribution in [3.8, 4) is 22.6 Å². The summed E-state index contributed by atoms with van der Waals surface area (Å²) >= 11 is 2.65. The first-order valence-corrected chi connectivity index (χ1v) is 11.2. The number of thiazole rings is 1. The smallest absolute Gasteiger partial charge is 0.236 e. The fourth-order valence-corrected chi connectivity index (χ4v) is 4.34. The van der Waals surface area contributed by atoms with Crippen molar-refractivity contribution in [2.45, 2.75) is 11.7 Å². The van der Waals surface area contributed by atoms with Crippen LogP contribution in [0.25, 0.3) is 22.6 Å². The highest BCUT2D eigenvalue weighted by molar-refractivity contribution is 7.99. The zero-order valence-electron chi connectivity index (χ0n) is 16.4. The second-order valence-corrected chi connectivity index (χ2v) is 8.25. The van der Waals surface area contributed by atoms with E-state index in [4.69, 9.17) is 0 Å². The first-order chi connectivity index (χ1) is 15.1. The molecule has 0 fully saturated rings. The van der Waals surface area contributed by atoms with E-state index >= 15 is 0 Å². The van der Waals surface area contributed by atoms with Crippen molar-refractivity contribution in [1.29, 1.82) is 0 Å². The van der Waals surface area contributed by atoms with Crippen LogP contribution in [0.1, 0.15) is 0 Å². The van der Waals surface area contributed by atoms with E-state index in [0.717, 1.165) is 16.8 Å². The number of amides is 1. The molecular weight excluding hydrogens is 433 g/mol. The highest BCUT2D eigenvalue weighted by atomic mass is 32.2. The Morgan fingerprint density at radius 1 is 1.13 bits per heavy atom. The largest absolute Gasteiger partial charge is 0.301 e. The molecule has 0 unspecified atom stereocenters. The van der Waals surface area contributed by atoms with E-state index in [0.29, 0.717) is 22.7 Å². The average Bonchev–Trinajstić information content (AvgIpc) is 3.41. The van der Waals surface area contributed by atoms with Gasteiger partial charge in [-0.2, -0.15) is 0 Å². The van der Waals surface area contributed by atoms with Gasteiger partial charge < -0.3 is 5.32 Å². The first kappa shape index (κ1) is 21.0. The summed E-state index contributed by atoms with van der Waals surface area (Å²) in [5, 5.41) is 14.3. The zero-order valence-corrected chi connectivity index (χ0v) is 18.0. The second kappa shape index (κ2) is 9.67. The molecule has 0 atom stereocenters. The third-order valence-corrected chi connectivity index (χ3v) is 6.01. The second-order valence-electron chi connectivity index (χ2n) is 6.45. The lowest BCUT2D eigenvalue weighted by Gasteiger charge is -2.07. The molecule has 4 rings (SSSR count). The molecule has 6 nitrogen and oxygen atoms in total. The van der Waals surface area contributed by atoms with Crippen LogP contribution in [0.3, 0.4) is 0 Å². The highest BCUT2D eigenvalue weighted by Gasteiger charge is 2.16. The van der Waals surface area contributed by atoms with Gasteiger partial charge in [0.15, 0.2) is 16.1 Å². The number of hydrogen-bond acceptors (Lipinski definition) is 6. The molecule has 9 heteroatoms. The SMILES string of the molecule is C=CCn1c(SCC(=O)Nc2nc(-c3ccccc3)cs2)nnc1-c1ccc(F)cc1. The van der Waals surface area contributed by atoms with E-state index in [2.05, 4.69) is 27.1 Å². The Morgan fingerprint density at radius 3 is 2.65 bits per heavy atom. The lowest BCUT2D eigenvalue weighted by molar-refractivity contribution is -0.113. The molecule has 0 radical (unpaired) electrons. The Hall–Kier alpha value is -3.30. The van der Waals surface area contributed by atoms with Crippen molar-refractivity contribution in [3.63, 3.8) is 0 Å². The fourth-order valence-electron chi connectivity index (χ4n) is 2.86. The number of nitrogens with one attached hydrogen (secondary N) is 1. The van der Waals surface area contributed by atoms with Gasteiger partial charge >= 0.3 is 0 Å². The molecule has 2 aromatic carbocycles. The number of aromatic nitrogens is 4. The van der Waals surface area contributed by atoms with Crippen LogP contribution in [0.5, 0.6) is 0 Å². The molecule has 0 saturated carbocycles. The van der Waals surface area contributed by atoms with Crippen LogP contribution in [0.4, 0.5) is 9.52 Å². The Labute approximate surface area is 186 Å². The number of carbonyl (C=O) groups excluding carboxylic acids is 1. The molecule has 4 aromatic rings. The van der Waals surface area contributed by atoms with Gasteiger partial charge in [0.1, 0.15) is 5.82 Å². The van der Waals surface area contributed by atoms with Crippen LogP contribution in [0.15, 0.2) is 77.8 Å². The van der Waals surface area contributed by atoms with E-state index in [1.54, 1.807) is 18.2 Å². The minimum absolute atomic E-state index is 0.152. The monoisotopic (exact) mass is 451 g/mol. The number of carbonyl (C=O) groups is 1. The molecule has 0 saturated heterocycles. The van der Waals surface area contributed by atoms with Crippen LogP contribution >= 0.6 is 23.1 Å². The minimum atomic E-state index is -0.317. The van der Waals surface area contributed by atoms with Gasteiger partial charge in [-0.3, -0.25) is 9.36 Å². The molecule has 2 heterocycles. The number of nitrogens with zero attached hydrogens (tertiary/aromatic N) is 4. The Bertz CT molecular complexity index is 1190. The number of anilines is 1. The summed E-state index contributed by atoms with van der Waals surface area (Å²) < 4.78 is 15.1. The standard InChI is InChI=1S/C22H18FN5OS2/c1-2-12-28-20(16-8-10-17(23)11-9-16)26-27-22(28)31-14-19(29)25-21-24-18(13-30-21)15-6-4-3-5-7-15/h2-11,13H,1,12,14H2,(H,24,25,29). The third kappa shape index (κ3) is 5.07. The molecule has 2 aromatic heterocycles. The third-order valence-electron chi connectivity index (χ3n) is 4.28. The number of halogens is 1. The molecule has 0 aliphatic rings. The van der Waals surface area contributed by atoms with E-state index in [9.17, 15) is 9.18 Å². The van der Waals surface area contributed by atoms with Crippen molar-refractivity contribution in [1.82, 2.24) is 19.7 Å². The first-order valence-electron chi connectivity index (χ1n) is 9.37. The summed E-state index contributed by atoms with van der Waals surface area (Å²) in [4.78, 5) is 16.9. The van der Waals surface area contributed by atoms with Crippen molar-refractivity contribution < 1.29 is 9.18 Å². The lowest BCUT2D eigenvalue weighted by Crippen LogP contribution is -2.14. The highest BCUT2D eigenvalue weighted by Crippen LogP contribution is 2.26. The molecular formula is C22H18FN5OS2. The van der Waals surface area contributed by atoms with Crippen LogP contribution in [0.2, 0.25) is 0 Å². The van der Waals surface area contributed by atoms with Crippen LogP contribution in [0, 0.1) is 5.82 Å². The topological polar surface area (TPSA) is 72.7 Å². The van der Waals surface area contributed by atoms with Crippen LogP contribution in [-0.4, -0.2) is 31.4 Å². The number of benzene rings is 2. The molecule has 0 bridgehead atoms. The van der Waals surface area contributed by atoms with Gasteiger partial charge in [0.05, 0.1) is 11.4 Å². The molecule has 0 aliphatic carbocycles. The van der Waals surface area contributed by atoms with E-state index < -0.39 is 0 Å². The average molecular weight is 452 g/mol. The van der Waals surface area contributed by atoms with Gasteiger partial charge in [-0.15, -0.1) is 28.1 Å². The molecule has 0 spiro atoms. The maximum absolute atomic E-state index is 13.2. The van der Waals surface area contributed by atoms with E-state index in [1.165, 1.54) is 35.2 Å².